The van der Waals surface area contributed by atoms with E-state index >= 15 is 0 Å². The Balaban J connectivity index is 1.64. The zero-order valence-corrected chi connectivity index (χ0v) is 15.1. The van der Waals surface area contributed by atoms with E-state index in [0.29, 0.717) is 10.8 Å². The Hall–Kier alpha value is -2.37. The molecule has 2 aromatic carbocycles. The third-order valence-electron chi connectivity index (χ3n) is 3.98. The Morgan fingerprint density at radius 3 is 2.56 bits per heavy atom. The van der Waals surface area contributed by atoms with Gasteiger partial charge in [-0.1, -0.05) is 47.6 Å². The second kappa shape index (κ2) is 6.86. The van der Waals surface area contributed by atoms with Crippen molar-refractivity contribution in [2.24, 2.45) is 0 Å². The van der Waals surface area contributed by atoms with Crippen LogP contribution in [0.1, 0.15) is 11.1 Å². The van der Waals surface area contributed by atoms with E-state index in [-0.39, 0.29) is 0 Å². The lowest BCUT2D eigenvalue weighted by atomic mass is 10.1. The van der Waals surface area contributed by atoms with Crippen molar-refractivity contribution in [2.45, 2.75) is 17.7 Å². The highest BCUT2D eigenvalue weighted by Crippen LogP contribution is 2.25. The maximum atomic E-state index is 5.97. The van der Waals surface area contributed by atoms with Gasteiger partial charge < -0.3 is 0 Å². The van der Waals surface area contributed by atoms with Gasteiger partial charge in [-0.3, -0.25) is 0 Å². The lowest BCUT2D eigenvalue weighted by molar-refractivity contribution is 0.860. The number of benzene rings is 2. The summed E-state index contributed by atoms with van der Waals surface area (Å²) < 4.78 is 1.78. The smallest absolute Gasteiger partial charge is 0.185 e. The molecule has 6 heteroatoms. The van der Waals surface area contributed by atoms with E-state index in [1.165, 1.54) is 11.1 Å². The van der Waals surface area contributed by atoms with Gasteiger partial charge in [-0.25, -0.2) is 0 Å². The van der Waals surface area contributed by atoms with Gasteiger partial charge in [0.2, 0.25) is 0 Å². The predicted octanol–water partition coefficient (Wildman–Crippen LogP) is 5.05. The summed E-state index contributed by atoms with van der Waals surface area (Å²) in [6, 6.07) is 19.9. The van der Waals surface area contributed by atoms with Crippen LogP contribution in [0.4, 0.5) is 0 Å². The molecule has 4 rings (SSSR count). The Kier molecular flexibility index (Phi) is 4.42. The van der Waals surface area contributed by atoms with Crippen molar-refractivity contribution >= 4 is 29.0 Å². The molecule has 0 amide bonds. The van der Waals surface area contributed by atoms with Crippen LogP contribution in [-0.2, 0) is 5.75 Å². The number of fused-ring (bicyclic) bond motifs is 1. The zero-order valence-electron chi connectivity index (χ0n) is 13.6. The van der Waals surface area contributed by atoms with Crippen LogP contribution in [0.2, 0.25) is 5.02 Å². The van der Waals surface area contributed by atoms with Crippen molar-refractivity contribution in [2.75, 3.05) is 0 Å². The first-order valence-corrected chi connectivity index (χ1v) is 9.23. The van der Waals surface area contributed by atoms with Gasteiger partial charge in [0.1, 0.15) is 5.03 Å². The summed E-state index contributed by atoms with van der Waals surface area (Å²) in [4.78, 5) is 0. The Morgan fingerprint density at radius 1 is 0.960 bits per heavy atom. The quantitative estimate of drug-likeness (QED) is 0.474. The number of aromatic nitrogens is 4. The summed E-state index contributed by atoms with van der Waals surface area (Å²) in [6.45, 7) is 2.13. The van der Waals surface area contributed by atoms with Crippen LogP contribution >= 0.6 is 23.4 Å². The molecule has 0 saturated carbocycles. The van der Waals surface area contributed by atoms with Crippen molar-refractivity contribution in [1.29, 1.82) is 0 Å². The van der Waals surface area contributed by atoms with Crippen molar-refractivity contribution in [3.63, 3.8) is 0 Å². The molecule has 0 aliphatic carbocycles. The van der Waals surface area contributed by atoms with Crippen molar-refractivity contribution in [1.82, 2.24) is 19.8 Å². The van der Waals surface area contributed by atoms with E-state index < -0.39 is 0 Å². The molecule has 124 valence electrons. The highest BCUT2D eigenvalue weighted by molar-refractivity contribution is 7.98. The van der Waals surface area contributed by atoms with Crippen molar-refractivity contribution in [3.05, 3.63) is 76.8 Å². The van der Waals surface area contributed by atoms with Crippen molar-refractivity contribution < 1.29 is 0 Å². The van der Waals surface area contributed by atoms with Gasteiger partial charge in [-0.15, -0.1) is 10.2 Å². The molecular weight excluding hydrogens is 352 g/mol. The normalized spacial score (nSPS) is 11.1. The molecule has 0 aliphatic heterocycles. The van der Waals surface area contributed by atoms with Gasteiger partial charge >= 0.3 is 0 Å². The Morgan fingerprint density at radius 2 is 1.76 bits per heavy atom. The number of halogens is 1. The van der Waals surface area contributed by atoms with Crippen LogP contribution in [0.3, 0.4) is 0 Å². The van der Waals surface area contributed by atoms with Gasteiger partial charge in [0.25, 0.3) is 0 Å². The molecule has 0 radical (unpaired) electrons. The Bertz CT molecular complexity index is 1030. The third kappa shape index (κ3) is 3.38. The SMILES string of the molecule is Cc1ccccc1CSc1ccc2nnc(-c3ccc(Cl)cc3)n2n1. The van der Waals surface area contributed by atoms with Crippen molar-refractivity contribution in [3.8, 4) is 11.4 Å². The molecule has 0 N–H and O–H groups in total. The zero-order chi connectivity index (χ0) is 17.2. The molecule has 4 aromatic rings. The van der Waals surface area contributed by atoms with Crippen LogP contribution in [0, 0.1) is 6.92 Å². The maximum absolute atomic E-state index is 5.97. The minimum Gasteiger partial charge on any atom is -0.192 e. The lowest BCUT2D eigenvalue weighted by Crippen LogP contribution is -1.97. The van der Waals surface area contributed by atoms with E-state index in [1.54, 1.807) is 16.3 Å². The van der Waals surface area contributed by atoms with E-state index in [2.05, 4.69) is 41.4 Å². The number of aryl methyl sites for hydroxylation is 1. The average Bonchev–Trinajstić information content (AvgIpc) is 3.05. The second-order valence-corrected chi connectivity index (χ2v) is 7.12. The number of hydrogen-bond donors (Lipinski definition) is 0. The molecule has 0 fully saturated rings. The van der Waals surface area contributed by atoms with Crippen LogP contribution in [0.25, 0.3) is 17.0 Å². The first-order valence-electron chi connectivity index (χ1n) is 7.86. The number of rotatable bonds is 4. The molecule has 0 saturated heterocycles. The molecule has 4 nitrogen and oxygen atoms in total. The molecular formula is C19H15ClN4S. The molecule has 0 unspecified atom stereocenters. The van der Waals surface area contributed by atoms with Crippen LogP contribution in [-0.4, -0.2) is 19.8 Å². The van der Waals surface area contributed by atoms with Gasteiger partial charge in [-0.05, 0) is 54.4 Å². The number of hydrogen-bond acceptors (Lipinski definition) is 4. The first-order chi connectivity index (χ1) is 12.2. The molecule has 25 heavy (non-hydrogen) atoms. The van der Waals surface area contributed by atoms with Crippen LogP contribution in [0.5, 0.6) is 0 Å². The fourth-order valence-corrected chi connectivity index (χ4v) is 3.61. The standard InChI is InChI=1S/C19H15ClN4S/c1-13-4-2-3-5-15(13)12-25-18-11-10-17-21-22-19(24(17)23-18)14-6-8-16(20)9-7-14/h2-11H,12H2,1H3. The van der Waals surface area contributed by atoms with Gasteiger partial charge in [0.15, 0.2) is 11.5 Å². The largest absolute Gasteiger partial charge is 0.192 e. The second-order valence-electron chi connectivity index (χ2n) is 5.69. The summed E-state index contributed by atoms with van der Waals surface area (Å²) in [6.07, 6.45) is 0. The molecule has 0 bridgehead atoms. The number of thioether (sulfide) groups is 1. The van der Waals surface area contributed by atoms with Gasteiger partial charge in [-0.2, -0.15) is 9.61 Å². The monoisotopic (exact) mass is 366 g/mol. The van der Waals surface area contributed by atoms with E-state index in [0.717, 1.165) is 22.0 Å². The summed E-state index contributed by atoms with van der Waals surface area (Å²) in [5.41, 5.74) is 4.27. The fraction of sp³-hybridized carbons (Fsp3) is 0.105. The van der Waals surface area contributed by atoms with Gasteiger partial charge in [0, 0.05) is 16.3 Å². The van der Waals surface area contributed by atoms with Crippen LogP contribution in [0.15, 0.2) is 65.7 Å². The fourth-order valence-electron chi connectivity index (χ4n) is 2.55. The summed E-state index contributed by atoms with van der Waals surface area (Å²) in [5.74, 6) is 1.59. The summed E-state index contributed by atoms with van der Waals surface area (Å²) in [5, 5.41) is 14.8. The lowest BCUT2D eigenvalue weighted by Gasteiger charge is -2.06. The highest BCUT2D eigenvalue weighted by atomic mass is 35.5. The summed E-state index contributed by atoms with van der Waals surface area (Å²) >= 11 is 7.67. The molecule has 0 spiro atoms. The minimum atomic E-state index is 0.694. The topological polar surface area (TPSA) is 43.1 Å². The Labute approximate surface area is 154 Å². The van der Waals surface area contributed by atoms with E-state index in [9.17, 15) is 0 Å². The minimum absolute atomic E-state index is 0.694. The first kappa shape index (κ1) is 16.1. The van der Waals surface area contributed by atoms with Crippen LogP contribution < -0.4 is 0 Å². The third-order valence-corrected chi connectivity index (χ3v) is 5.20. The highest BCUT2D eigenvalue weighted by Gasteiger charge is 2.10. The van der Waals surface area contributed by atoms with E-state index in [1.807, 2.05) is 36.4 Å². The average molecular weight is 367 g/mol. The predicted molar refractivity (Wildman–Crippen MR) is 102 cm³/mol. The summed E-state index contributed by atoms with van der Waals surface area (Å²) in [7, 11) is 0. The molecule has 2 aromatic heterocycles. The maximum Gasteiger partial charge on any atom is 0.185 e. The molecule has 0 atom stereocenters. The molecule has 0 aliphatic rings. The molecule has 2 heterocycles. The van der Waals surface area contributed by atoms with E-state index in [4.69, 9.17) is 16.7 Å². The van der Waals surface area contributed by atoms with Gasteiger partial charge in [0.05, 0.1) is 0 Å². The number of nitrogens with zero attached hydrogens (tertiary/aromatic N) is 4.